The Balaban J connectivity index is 2.41. The highest BCUT2D eigenvalue weighted by atomic mass is 32.2. The van der Waals surface area contributed by atoms with Crippen LogP contribution in [0.15, 0.2) is 29.2 Å². The van der Waals surface area contributed by atoms with Gasteiger partial charge in [0, 0.05) is 17.5 Å². The van der Waals surface area contributed by atoms with E-state index in [9.17, 15) is 4.79 Å². The van der Waals surface area contributed by atoms with Crippen molar-refractivity contribution >= 4 is 17.7 Å². The van der Waals surface area contributed by atoms with Crippen molar-refractivity contribution in [3.63, 3.8) is 0 Å². The van der Waals surface area contributed by atoms with Crippen molar-refractivity contribution in [2.45, 2.75) is 37.8 Å². The molecule has 17 heavy (non-hydrogen) atoms. The van der Waals surface area contributed by atoms with Crippen LogP contribution in [0.1, 0.15) is 25.8 Å². The monoisotopic (exact) mass is 252 g/mol. The van der Waals surface area contributed by atoms with Gasteiger partial charge in [-0.1, -0.05) is 19.1 Å². The first-order valence-corrected chi connectivity index (χ1v) is 6.85. The van der Waals surface area contributed by atoms with Crippen LogP contribution in [0, 0.1) is 0 Å². The number of carbonyl (C=O) groups is 1. The minimum atomic E-state index is 0.0856. The van der Waals surface area contributed by atoms with Crippen LogP contribution in [0.25, 0.3) is 0 Å². The topological polar surface area (TPSA) is 55.1 Å². The highest BCUT2D eigenvalue weighted by Gasteiger charge is 2.06. The van der Waals surface area contributed by atoms with E-state index in [1.807, 2.05) is 31.2 Å². The summed E-state index contributed by atoms with van der Waals surface area (Å²) in [6.07, 6.45) is 0.957. The Bertz CT molecular complexity index is 368. The van der Waals surface area contributed by atoms with Crippen LogP contribution in [-0.4, -0.2) is 17.7 Å². The quantitative estimate of drug-likeness (QED) is 0.763. The van der Waals surface area contributed by atoms with Gasteiger partial charge in [0.2, 0.25) is 5.91 Å². The van der Waals surface area contributed by atoms with Gasteiger partial charge in [0.15, 0.2) is 0 Å². The fourth-order valence-corrected chi connectivity index (χ4v) is 2.12. The molecule has 1 aromatic carbocycles. The number of amides is 1. The smallest absolute Gasteiger partial charge is 0.230 e. The van der Waals surface area contributed by atoms with Crippen LogP contribution in [0.2, 0.25) is 0 Å². The van der Waals surface area contributed by atoms with E-state index in [0.29, 0.717) is 12.3 Å². The highest BCUT2D eigenvalue weighted by molar-refractivity contribution is 8.00. The van der Waals surface area contributed by atoms with E-state index in [1.54, 1.807) is 11.8 Å². The largest absolute Gasteiger partial charge is 0.353 e. The zero-order chi connectivity index (χ0) is 12.7. The number of nitrogens with one attached hydrogen (secondary N) is 1. The fraction of sp³-hybridized carbons (Fsp3) is 0.462. The number of hydrogen-bond acceptors (Lipinski definition) is 3. The molecular formula is C13H20N2OS. The van der Waals surface area contributed by atoms with Gasteiger partial charge in [-0.3, -0.25) is 4.79 Å². The number of rotatable bonds is 6. The van der Waals surface area contributed by atoms with Crippen LogP contribution in [0.3, 0.4) is 0 Å². The van der Waals surface area contributed by atoms with E-state index in [1.165, 1.54) is 0 Å². The Kier molecular flexibility index (Phi) is 6.08. The van der Waals surface area contributed by atoms with Crippen molar-refractivity contribution in [3.8, 4) is 0 Å². The fourth-order valence-electron chi connectivity index (χ4n) is 1.33. The molecule has 1 atom stereocenters. The maximum Gasteiger partial charge on any atom is 0.230 e. The minimum Gasteiger partial charge on any atom is -0.353 e. The molecule has 3 nitrogen and oxygen atoms in total. The zero-order valence-electron chi connectivity index (χ0n) is 10.4. The van der Waals surface area contributed by atoms with Crippen molar-refractivity contribution in [1.82, 2.24) is 5.32 Å². The number of carbonyl (C=O) groups excluding carboxylic acids is 1. The van der Waals surface area contributed by atoms with E-state index in [4.69, 9.17) is 5.73 Å². The predicted octanol–water partition coefficient (Wildman–Crippen LogP) is 2.15. The molecule has 0 radical (unpaired) electrons. The summed E-state index contributed by atoms with van der Waals surface area (Å²) in [4.78, 5) is 12.7. The molecule has 1 rings (SSSR count). The van der Waals surface area contributed by atoms with Gasteiger partial charge in [0.25, 0.3) is 0 Å². The molecule has 0 bridgehead atoms. The second-order valence-electron chi connectivity index (χ2n) is 4.02. The van der Waals surface area contributed by atoms with Gasteiger partial charge in [0.1, 0.15) is 0 Å². The molecule has 0 aliphatic rings. The first kappa shape index (κ1) is 14.1. The predicted molar refractivity (Wildman–Crippen MR) is 73.0 cm³/mol. The lowest BCUT2D eigenvalue weighted by Crippen LogP contribution is -2.33. The molecule has 1 unspecified atom stereocenters. The van der Waals surface area contributed by atoms with Crippen LogP contribution in [0.4, 0.5) is 0 Å². The molecular weight excluding hydrogens is 232 g/mol. The molecule has 0 aliphatic carbocycles. The van der Waals surface area contributed by atoms with Crippen LogP contribution in [-0.2, 0) is 11.3 Å². The average molecular weight is 252 g/mol. The number of nitrogens with two attached hydrogens (primary N) is 1. The number of hydrogen-bond donors (Lipinski definition) is 2. The Morgan fingerprint density at radius 2 is 2.29 bits per heavy atom. The lowest BCUT2D eigenvalue weighted by molar-refractivity contribution is -0.119. The third-order valence-electron chi connectivity index (χ3n) is 2.52. The summed E-state index contributed by atoms with van der Waals surface area (Å²) in [6.45, 7) is 4.61. The molecule has 1 amide bonds. The summed E-state index contributed by atoms with van der Waals surface area (Å²) in [5.74, 6) is 0.542. The van der Waals surface area contributed by atoms with E-state index in [2.05, 4.69) is 12.2 Å². The molecule has 0 aliphatic heterocycles. The molecule has 0 fully saturated rings. The van der Waals surface area contributed by atoms with Crippen molar-refractivity contribution in [1.29, 1.82) is 0 Å². The number of thioether (sulfide) groups is 1. The van der Waals surface area contributed by atoms with Gasteiger partial charge in [-0.05, 0) is 31.0 Å². The van der Waals surface area contributed by atoms with Crippen molar-refractivity contribution in [2.24, 2.45) is 5.73 Å². The molecule has 0 spiro atoms. The van der Waals surface area contributed by atoms with Crippen molar-refractivity contribution in [3.05, 3.63) is 29.8 Å². The van der Waals surface area contributed by atoms with Crippen LogP contribution >= 0.6 is 11.8 Å². The third-order valence-corrected chi connectivity index (χ3v) is 3.52. The van der Waals surface area contributed by atoms with Crippen molar-refractivity contribution < 1.29 is 4.79 Å². The second-order valence-corrected chi connectivity index (χ2v) is 5.07. The Labute approximate surface area is 107 Å². The first-order valence-electron chi connectivity index (χ1n) is 5.87. The minimum absolute atomic E-state index is 0.0856. The lowest BCUT2D eigenvalue weighted by atomic mass is 10.2. The Hall–Kier alpha value is -1.00. The van der Waals surface area contributed by atoms with E-state index >= 15 is 0 Å². The normalized spacial score (nSPS) is 12.2. The van der Waals surface area contributed by atoms with E-state index in [0.717, 1.165) is 16.9 Å². The molecule has 3 N–H and O–H groups in total. The van der Waals surface area contributed by atoms with Gasteiger partial charge in [-0.25, -0.2) is 0 Å². The number of benzene rings is 1. The van der Waals surface area contributed by atoms with Crippen LogP contribution < -0.4 is 11.1 Å². The van der Waals surface area contributed by atoms with E-state index in [-0.39, 0.29) is 11.9 Å². The second kappa shape index (κ2) is 7.35. The summed E-state index contributed by atoms with van der Waals surface area (Å²) in [5, 5.41) is 2.94. The van der Waals surface area contributed by atoms with Gasteiger partial charge >= 0.3 is 0 Å². The third kappa shape index (κ3) is 5.24. The van der Waals surface area contributed by atoms with Gasteiger partial charge in [0.05, 0.1) is 5.75 Å². The standard InChI is InChI=1S/C13H20N2OS/c1-3-10(2)15-13(16)9-17-12-6-4-5-11(7-12)8-14/h4-7,10H,3,8-9,14H2,1-2H3,(H,15,16). The summed E-state index contributed by atoms with van der Waals surface area (Å²) in [5.41, 5.74) is 6.66. The maximum atomic E-state index is 11.6. The van der Waals surface area contributed by atoms with E-state index < -0.39 is 0 Å². The molecule has 1 aromatic rings. The molecule has 0 aromatic heterocycles. The van der Waals surface area contributed by atoms with Crippen molar-refractivity contribution in [2.75, 3.05) is 5.75 Å². The summed E-state index contributed by atoms with van der Waals surface area (Å²) >= 11 is 1.54. The van der Waals surface area contributed by atoms with Gasteiger partial charge in [-0.15, -0.1) is 11.8 Å². The zero-order valence-corrected chi connectivity index (χ0v) is 11.2. The summed E-state index contributed by atoms with van der Waals surface area (Å²) in [7, 11) is 0. The average Bonchev–Trinajstić information content (AvgIpc) is 2.36. The highest BCUT2D eigenvalue weighted by Crippen LogP contribution is 2.18. The molecule has 0 heterocycles. The van der Waals surface area contributed by atoms with Gasteiger partial charge < -0.3 is 11.1 Å². The molecule has 0 saturated heterocycles. The SMILES string of the molecule is CCC(C)NC(=O)CSc1cccc(CN)c1. The first-order chi connectivity index (χ1) is 8.15. The molecule has 94 valence electrons. The maximum absolute atomic E-state index is 11.6. The Morgan fingerprint density at radius 3 is 2.94 bits per heavy atom. The molecule has 0 saturated carbocycles. The Morgan fingerprint density at radius 1 is 1.53 bits per heavy atom. The summed E-state index contributed by atoms with van der Waals surface area (Å²) in [6, 6.07) is 8.24. The van der Waals surface area contributed by atoms with Gasteiger partial charge in [-0.2, -0.15) is 0 Å². The van der Waals surface area contributed by atoms with Crippen LogP contribution in [0.5, 0.6) is 0 Å². The summed E-state index contributed by atoms with van der Waals surface area (Å²) < 4.78 is 0. The molecule has 4 heteroatoms. The lowest BCUT2D eigenvalue weighted by Gasteiger charge is -2.11.